The van der Waals surface area contributed by atoms with Gasteiger partial charge in [0, 0.05) is 0 Å². The summed E-state index contributed by atoms with van der Waals surface area (Å²) in [5.74, 6) is 0.793. The Kier molecular flexibility index (Phi) is 5.12. The SMILES string of the molecule is CCCOc1ccccc1-n1nnc(CO)c1CCC. The second-order valence-corrected chi connectivity index (χ2v) is 4.62. The highest BCUT2D eigenvalue weighted by atomic mass is 16.5. The summed E-state index contributed by atoms with van der Waals surface area (Å²) < 4.78 is 7.54. The molecule has 2 rings (SSSR count). The summed E-state index contributed by atoms with van der Waals surface area (Å²) in [7, 11) is 0. The van der Waals surface area contributed by atoms with Crippen molar-refractivity contribution in [2.24, 2.45) is 0 Å². The summed E-state index contributed by atoms with van der Waals surface area (Å²) >= 11 is 0. The highest BCUT2D eigenvalue weighted by molar-refractivity contribution is 5.47. The molecule has 0 unspecified atom stereocenters. The Morgan fingerprint density at radius 3 is 2.70 bits per heavy atom. The van der Waals surface area contributed by atoms with E-state index >= 15 is 0 Å². The first kappa shape index (κ1) is 14.5. The van der Waals surface area contributed by atoms with Crippen molar-refractivity contribution in [3.63, 3.8) is 0 Å². The fourth-order valence-corrected chi connectivity index (χ4v) is 2.10. The van der Waals surface area contributed by atoms with E-state index in [4.69, 9.17) is 4.74 Å². The number of benzene rings is 1. The van der Waals surface area contributed by atoms with Crippen molar-refractivity contribution in [3.8, 4) is 11.4 Å². The second-order valence-electron chi connectivity index (χ2n) is 4.62. The van der Waals surface area contributed by atoms with Gasteiger partial charge in [0.05, 0.1) is 18.9 Å². The smallest absolute Gasteiger partial charge is 0.145 e. The van der Waals surface area contributed by atoms with Crippen LogP contribution in [-0.2, 0) is 13.0 Å². The number of aliphatic hydroxyl groups excluding tert-OH is 1. The molecule has 108 valence electrons. The van der Waals surface area contributed by atoms with E-state index in [2.05, 4.69) is 24.2 Å². The molecule has 0 bridgehead atoms. The number of hydrogen-bond donors (Lipinski definition) is 1. The number of rotatable bonds is 7. The first-order chi connectivity index (χ1) is 9.81. The zero-order chi connectivity index (χ0) is 14.4. The van der Waals surface area contributed by atoms with Gasteiger partial charge in [-0.1, -0.05) is 37.6 Å². The van der Waals surface area contributed by atoms with Gasteiger partial charge in [-0.05, 0) is 25.0 Å². The molecule has 0 aliphatic heterocycles. The molecule has 0 aliphatic carbocycles. The lowest BCUT2D eigenvalue weighted by atomic mass is 10.2. The van der Waals surface area contributed by atoms with Gasteiger partial charge in [-0.15, -0.1) is 5.10 Å². The highest BCUT2D eigenvalue weighted by Crippen LogP contribution is 2.24. The summed E-state index contributed by atoms with van der Waals surface area (Å²) in [5, 5.41) is 17.6. The summed E-state index contributed by atoms with van der Waals surface area (Å²) in [6, 6.07) is 7.78. The molecule has 0 spiro atoms. The molecule has 0 radical (unpaired) electrons. The van der Waals surface area contributed by atoms with E-state index in [1.165, 1.54) is 0 Å². The number of aromatic nitrogens is 3. The number of nitrogens with zero attached hydrogens (tertiary/aromatic N) is 3. The molecule has 5 heteroatoms. The largest absolute Gasteiger partial charge is 0.491 e. The van der Waals surface area contributed by atoms with Crippen LogP contribution in [0.1, 0.15) is 38.1 Å². The summed E-state index contributed by atoms with van der Waals surface area (Å²) in [5.41, 5.74) is 2.45. The van der Waals surface area contributed by atoms with Crippen molar-refractivity contribution in [3.05, 3.63) is 35.7 Å². The van der Waals surface area contributed by atoms with Gasteiger partial charge in [0.25, 0.3) is 0 Å². The fourth-order valence-electron chi connectivity index (χ4n) is 2.10. The lowest BCUT2D eigenvalue weighted by Crippen LogP contribution is -2.07. The van der Waals surface area contributed by atoms with Crippen molar-refractivity contribution in [2.75, 3.05) is 6.61 Å². The van der Waals surface area contributed by atoms with Crippen LogP contribution in [0.25, 0.3) is 5.69 Å². The predicted molar refractivity (Wildman–Crippen MR) is 77.1 cm³/mol. The van der Waals surface area contributed by atoms with E-state index < -0.39 is 0 Å². The molecule has 5 nitrogen and oxygen atoms in total. The number of hydrogen-bond acceptors (Lipinski definition) is 4. The monoisotopic (exact) mass is 275 g/mol. The summed E-state index contributed by atoms with van der Waals surface area (Å²) in [4.78, 5) is 0. The van der Waals surface area contributed by atoms with E-state index in [0.29, 0.717) is 12.3 Å². The molecule has 1 N–H and O–H groups in total. The highest BCUT2D eigenvalue weighted by Gasteiger charge is 2.15. The van der Waals surface area contributed by atoms with E-state index in [-0.39, 0.29) is 6.61 Å². The Labute approximate surface area is 119 Å². The molecule has 1 heterocycles. The van der Waals surface area contributed by atoms with E-state index in [0.717, 1.165) is 36.4 Å². The number of para-hydroxylation sites is 2. The van der Waals surface area contributed by atoms with Gasteiger partial charge in [0.1, 0.15) is 17.1 Å². The van der Waals surface area contributed by atoms with E-state index in [9.17, 15) is 5.11 Å². The van der Waals surface area contributed by atoms with Crippen LogP contribution >= 0.6 is 0 Å². The maximum atomic E-state index is 9.37. The van der Waals surface area contributed by atoms with Crippen LogP contribution in [-0.4, -0.2) is 26.7 Å². The lowest BCUT2D eigenvalue weighted by Gasteiger charge is -2.12. The quantitative estimate of drug-likeness (QED) is 0.843. The van der Waals surface area contributed by atoms with Crippen molar-refractivity contribution in [1.82, 2.24) is 15.0 Å². The Balaban J connectivity index is 2.42. The Morgan fingerprint density at radius 1 is 1.20 bits per heavy atom. The second kappa shape index (κ2) is 7.05. The molecule has 1 aromatic carbocycles. The van der Waals surface area contributed by atoms with Crippen LogP contribution in [0, 0.1) is 0 Å². The minimum absolute atomic E-state index is 0.0900. The van der Waals surface area contributed by atoms with Crippen molar-refractivity contribution < 1.29 is 9.84 Å². The fraction of sp³-hybridized carbons (Fsp3) is 0.467. The van der Waals surface area contributed by atoms with E-state index in [1.807, 2.05) is 24.3 Å². The van der Waals surface area contributed by atoms with Gasteiger partial charge >= 0.3 is 0 Å². The Hall–Kier alpha value is -1.88. The molecule has 0 saturated heterocycles. The average Bonchev–Trinajstić information content (AvgIpc) is 2.88. The van der Waals surface area contributed by atoms with Gasteiger partial charge in [0.2, 0.25) is 0 Å². The maximum absolute atomic E-state index is 9.37. The van der Waals surface area contributed by atoms with Gasteiger partial charge in [-0.2, -0.15) is 0 Å². The first-order valence-electron chi connectivity index (χ1n) is 7.08. The van der Waals surface area contributed by atoms with Crippen LogP contribution in [0.3, 0.4) is 0 Å². The third-order valence-electron chi connectivity index (χ3n) is 3.04. The van der Waals surface area contributed by atoms with Crippen LogP contribution in [0.4, 0.5) is 0 Å². The molecular formula is C15H21N3O2. The van der Waals surface area contributed by atoms with Gasteiger partial charge in [0.15, 0.2) is 0 Å². The van der Waals surface area contributed by atoms with Gasteiger partial charge in [-0.25, -0.2) is 4.68 Å². The van der Waals surface area contributed by atoms with Crippen molar-refractivity contribution in [2.45, 2.75) is 39.7 Å². The third kappa shape index (κ3) is 2.99. The number of aliphatic hydroxyl groups is 1. The normalized spacial score (nSPS) is 10.8. The lowest BCUT2D eigenvalue weighted by molar-refractivity contribution is 0.275. The molecule has 0 saturated carbocycles. The predicted octanol–water partition coefficient (Wildman–Crippen LogP) is 2.50. The molecule has 2 aromatic rings. The first-order valence-corrected chi connectivity index (χ1v) is 7.08. The molecule has 0 fully saturated rings. The molecule has 0 atom stereocenters. The van der Waals surface area contributed by atoms with Crippen LogP contribution < -0.4 is 4.74 Å². The number of ether oxygens (including phenoxy) is 1. The van der Waals surface area contributed by atoms with Crippen LogP contribution in [0.5, 0.6) is 5.75 Å². The van der Waals surface area contributed by atoms with Crippen molar-refractivity contribution in [1.29, 1.82) is 0 Å². The zero-order valence-corrected chi connectivity index (χ0v) is 12.0. The Bertz CT molecular complexity index is 552. The third-order valence-corrected chi connectivity index (χ3v) is 3.04. The van der Waals surface area contributed by atoms with Crippen molar-refractivity contribution >= 4 is 0 Å². The molecular weight excluding hydrogens is 254 g/mol. The minimum Gasteiger partial charge on any atom is -0.491 e. The summed E-state index contributed by atoms with van der Waals surface area (Å²) in [6.07, 6.45) is 2.75. The maximum Gasteiger partial charge on any atom is 0.145 e. The average molecular weight is 275 g/mol. The van der Waals surface area contributed by atoms with Gasteiger partial charge < -0.3 is 9.84 Å². The summed E-state index contributed by atoms with van der Waals surface area (Å²) in [6.45, 7) is 4.75. The molecule has 1 aromatic heterocycles. The standard InChI is InChI=1S/C15H21N3O2/c1-3-7-13-12(11-19)16-17-18(13)14-8-5-6-9-15(14)20-10-4-2/h5-6,8-9,19H,3-4,7,10-11H2,1-2H3. The van der Waals surface area contributed by atoms with E-state index in [1.54, 1.807) is 4.68 Å². The van der Waals surface area contributed by atoms with Crippen LogP contribution in [0.15, 0.2) is 24.3 Å². The van der Waals surface area contributed by atoms with Crippen LogP contribution in [0.2, 0.25) is 0 Å². The topological polar surface area (TPSA) is 60.2 Å². The minimum atomic E-state index is -0.0900. The van der Waals surface area contributed by atoms with Gasteiger partial charge in [-0.3, -0.25) is 0 Å². The molecule has 0 amide bonds. The molecule has 0 aliphatic rings. The zero-order valence-electron chi connectivity index (χ0n) is 12.0. The Morgan fingerprint density at radius 2 is 2.00 bits per heavy atom. The molecule has 20 heavy (non-hydrogen) atoms.